The SMILES string of the molecule is CC(CN)(NC(=O)C1CC1c1cc(F)ccc1F)C1CC1. The summed E-state index contributed by atoms with van der Waals surface area (Å²) in [6.45, 7) is 2.36. The Kier molecular flexibility index (Phi) is 3.48. The molecule has 3 rings (SSSR count). The van der Waals surface area contributed by atoms with Crippen LogP contribution < -0.4 is 11.1 Å². The summed E-state index contributed by atoms with van der Waals surface area (Å²) in [6, 6.07) is 3.40. The molecule has 114 valence electrons. The maximum atomic E-state index is 13.7. The molecule has 0 aliphatic heterocycles. The van der Waals surface area contributed by atoms with Crippen LogP contribution in [0.15, 0.2) is 18.2 Å². The number of amides is 1. The molecule has 1 aromatic carbocycles. The summed E-state index contributed by atoms with van der Waals surface area (Å²) in [4.78, 5) is 12.3. The molecule has 3 atom stereocenters. The monoisotopic (exact) mass is 294 g/mol. The van der Waals surface area contributed by atoms with Gasteiger partial charge in [-0.3, -0.25) is 4.79 Å². The molecule has 1 aromatic rings. The van der Waals surface area contributed by atoms with Gasteiger partial charge >= 0.3 is 0 Å². The summed E-state index contributed by atoms with van der Waals surface area (Å²) in [5.74, 6) is -1.06. The molecule has 3 N–H and O–H groups in total. The van der Waals surface area contributed by atoms with Crippen LogP contribution in [0.3, 0.4) is 0 Å². The molecule has 0 heterocycles. The highest BCUT2D eigenvalue weighted by molar-refractivity contribution is 5.83. The molecule has 2 fully saturated rings. The van der Waals surface area contributed by atoms with Crippen molar-refractivity contribution in [3.05, 3.63) is 35.4 Å². The lowest BCUT2D eigenvalue weighted by atomic mass is 9.95. The first-order chi connectivity index (χ1) is 9.94. The van der Waals surface area contributed by atoms with Crippen molar-refractivity contribution in [1.82, 2.24) is 5.32 Å². The Labute approximate surface area is 122 Å². The zero-order chi connectivity index (χ0) is 15.2. The number of hydrogen-bond donors (Lipinski definition) is 2. The second-order valence-corrected chi connectivity index (χ2v) is 6.50. The number of nitrogens with one attached hydrogen (secondary N) is 1. The van der Waals surface area contributed by atoms with Crippen molar-refractivity contribution < 1.29 is 13.6 Å². The third-order valence-corrected chi connectivity index (χ3v) is 4.80. The van der Waals surface area contributed by atoms with Gasteiger partial charge in [0.15, 0.2) is 0 Å². The summed E-state index contributed by atoms with van der Waals surface area (Å²) in [5, 5.41) is 3.02. The van der Waals surface area contributed by atoms with E-state index in [2.05, 4.69) is 5.32 Å². The largest absolute Gasteiger partial charge is 0.349 e. The number of rotatable bonds is 5. The van der Waals surface area contributed by atoms with Gasteiger partial charge in [-0.25, -0.2) is 8.78 Å². The first kappa shape index (κ1) is 14.4. The zero-order valence-corrected chi connectivity index (χ0v) is 12.0. The average molecular weight is 294 g/mol. The summed E-state index contributed by atoms with van der Waals surface area (Å²) in [6.07, 6.45) is 2.73. The van der Waals surface area contributed by atoms with Crippen LogP contribution in [0.5, 0.6) is 0 Å². The molecule has 5 heteroatoms. The Morgan fingerprint density at radius 2 is 2.14 bits per heavy atom. The molecule has 0 radical (unpaired) electrons. The smallest absolute Gasteiger partial charge is 0.224 e. The number of carbonyl (C=O) groups is 1. The van der Waals surface area contributed by atoms with E-state index in [0.29, 0.717) is 24.4 Å². The van der Waals surface area contributed by atoms with Gasteiger partial charge in [0.2, 0.25) is 5.91 Å². The van der Waals surface area contributed by atoms with Gasteiger partial charge < -0.3 is 11.1 Å². The van der Waals surface area contributed by atoms with E-state index in [-0.39, 0.29) is 23.3 Å². The third-order valence-electron chi connectivity index (χ3n) is 4.80. The van der Waals surface area contributed by atoms with E-state index in [9.17, 15) is 13.6 Å². The van der Waals surface area contributed by atoms with E-state index in [1.54, 1.807) is 0 Å². The van der Waals surface area contributed by atoms with Gasteiger partial charge in [0.25, 0.3) is 0 Å². The molecule has 21 heavy (non-hydrogen) atoms. The molecular weight excluding hydrogens is 274 g/mol. The predicted molar refractivity (Wildman–Crippen MR) is 75.5 cm³/mol. The number of benzene rings is 1. The molecule has 2 aliphatic carbocycles. The minimum atomic E-state index is -0.470. The van der Waals surface area contributed by atoms with E-state index in [4.69, 9.17) is 5.73 Å². The van der Waals surface area contributed by atoms with Gasteiger partial charge in [-0.05, 0) is 61.8 Å². The van der Waals surface area contributed by atoms with Crippen molar-refractivity contribution in [3.8, 4) is 0 Å². The minimum Gasteiger partial charge on any atom is -0.349 e. The molecule has 2 aliphatic rings. The Hall–Kier alpha value is -1.49. The second-order valence-electron chi connectivity index (χ2n) is 6.50. The maximum Gasteiger partial charge on any atom is 0.224 e. The third kappa shape index (κ3) is 2.79. The molecule has 0 saturated heterocycles. The Bertz CT molecular complexity index is 573. The van der Waals surface area contributed by atoms with Gasteiger partial charge in [0.1, 0.15) is 11.6 Å². The van der Waals surface area contributed by atoms with Crippen LogP contribution in [0.4, 0.5) is 8.78 Å². The minimum absolute atomic E-state index is 0.0940. The van der Waals surface area contributed by atoms with Crippen LogP contribution in [0.2, 0.25) is 0 Å². The molecule has 0 spiro atoms. The highest BCUT2D eigenvalue weighted by atomic mass is 19.1. The molecule has 0 aromatic heterocycles. The van der Waals surface area contributed by atoms with Crippen LogP contribution in [0.25, 0.3) is 0 Å². The summed E-state index contributed by atoms with van der Waals surface area (Å²) >= 11 is 0. The highest BCUT2D eigenvalue weighted by Gasteiger charge is 2.49. The van der Waals surface area contributed by atoms with Crippen molar-refractivity contribution in [2.75, 3.05) is 6.54 Å². The lowest BCUT2D eigenvalue weighted by Crippen LogP contribution is -2.53. The van der Waals surface area contributed by atoms with Crippen molar-refractivity contribution in [2.45, 2.75) is 37.6 Å². The second kappa shape index (κ2) is 5.05. The fraction of sp³-hybridized carbons (Fsp3) is 0.562. The Morgan fingerprint density at radius 3 is 2.76 bits per heavy atom. The summed E-state index contributed by atoms with van der Waals surface area (Å²) in [7, 11) is 0. The quantitative estimate of drug-likeness (QED) is 0.875. The lowest BCUT2D eigenvalue weighted by Gasteiger charge is -2.29. The van der Waals surface area contributed by atoms with Crippen LogP contribution >= 0.6 is 0 Å². The van der Waals surface area contributed by atoms with Crippen LogP contribution in [-0.2, 0) is 4.79 Å². The summed E-state index contributed by atoms with van der Waals surface area (Å²) < 4.78 is 26.9. The van der Waals surface area contributed by atoms with Crippen molar-refractivity contribution in [2.24, 2.45) is 17.6 Å². The molecule has 3 nitrogen and oxygen atoms in total. The zero-order valence-electron chi connectivity index (χ0n) is 12.0. The van der Waals surface area contributed by atoms with Gasteiger partial charge in [-0.15, -0.1) is 0 Å². The van der Waals surface area contributed by atoms with E-state index in [1.165, 1.54) is 6.07 Å². The van der Waals surface area contributed by atoms with Gasteiger partial charge in [-0.2, -0.15) is 0 Å². The number of carbonyl (C=O) groups excluding carboxylic acids is 1. The number of hydrogen-bond acceptors (Lipinski definition) is 2. The van der Waals surface area contributed by atoms with Crippen molar-refractivity contribution in [1.29, 1.82) is 0 Å². The lowest BCUT2D eigenvalue weighted by molar-refractivity contribution is -0.124. The van der Waals surface area contributed by atoms with E-state index >= 15 is 0 Å². The fourth-order valence-corrected chi connectivity index (χ4v) is 3.04. The topological polar surface area (TPSA) is 55.1 Å². The van der Waals surface area contributed by atoms with Crippen molar-refractivity contribution in [3.63, 3.8) is 0 Å². The van der Waals surface area contributed by atoms with E-state index < -0.39 is 11.6 Å². The predicted octanol–water partition coefficient (Wildman–Crippen LogP) is 2.31. The highest BCUT2D eigenvalue weighted by Crippen LogP contribution is 2.49. The summed E-state index contributed by atoms with van der Waals surface area (Å²) in [5.41, 5.74) is 5.71. The molecule has 0 bridgehead atoms. The van der Waals surface area contributed by atoms with Crippen LogP contribution in [0.1, 0.15) is 37.7 Å². The van der Waals surface area contributed by atoms with Gasteiger partial charge in [-0.1, -0.05) is 0 Å². The van der Waals surface area contributed by atoms with Gasteiger partial charge in [0.05, 0.1) is 5.54 Å². The molecule has 3 unspecified atom stereocenters. The van der Waals surface area contributed by atoms with E-state index in [0.717, 1.165) is 25.0 Å². The number of nitrogens with two attached hydrogens (primary N) is 1. The van der Waals surface area contributed by atoms with Crippen LogP contribution in [0, 0.1) is 23.5 Å². The van der Waals surface area contributed by atoms with Crippen LogP contribution in [-0.4, -0.2) is 18.0 Å². The van der Waals surface area contributed by atoms with E-state index in [1.807, 2.05) is 6.92 Å². The first-order valence-electron chi connectivity index (χ1n) is 7.41. The standard InChI is InChI=1S/C16H20F2N2O/c1-16(8-19,9-2-3-9)20-15(21)13-7-11(13)12-6-10(17)4-5-14(12)18/h4-6,9,11,13H,2-3,7-8,19H2,1H3,(H,20,21). The first-order valence-corrected chi connectivity index (χ1v) is 7.41. The molecular formula is C16H20F2N2O. The number of halogens is 2. The maximum absolute atomic E-state index is 13.7. The molecule has 1 amide bonds. The Morgan fingerprint density at radius 1 is 1.43 bits per heavy atom. The fourth-order valence-electron chi connectivity index (χ4n) is 3.04. The Balaban J connectivity index is 1.67. The van der Waals surface area contributed by atoms with Gasteiger partial charge in [0, 0.05) is 12.5 Å². The molecule has 2 saturated carbocycles. The average Bonchev–Trinajstić information content (AvgIpc) is 3.32. The normalized spacial score (nSPS) is 27.0. The van der Waals surface area contributed by atoms with Crippen molar-refractivity contribution >= 4 is 5.91 Å².